The summed E-state index contributed by atoms with van der Waals surface area (Å²) in [7, 11) is 1.67. The van der Waals surface area contributed by atoms with Crippen LogP contribution in [-0.2, 0) is 6.54 Å². The highest BCUT2D eigenvalue weighted by atomic mass is 19.1. The molecule has 1 aromatic heterocycles. The summed E-state index contributed by atoms with van der Waals surface area (Å²) < 4.78 is 12.7. The minimum Gasteiger partial charge on any atom is -0.347 e. The van der Waals surface area contributed by atoms with Crippen molar-refractivity contribution in [2.45, 2.75) is 6.54 Å². The molecular formula is C12H12FN3O. The molecule has 0 saturated carbocycles. The topological polar surface area (TPSA) is 49.0 Å². The summed E-state index contributed by atoms with van der Waals surface area (Å²) >= 11 is 0. The van der Waals surface area contributed by atoms with E-state index in [0.717, 1.165) is 0 Å². The molecule has 2 aromatic rings. The summed E-state index contributed by atoms with van der Waals surface area (Å²) in [5.41, 5.74) is 0.459. The molecule has 17 heavy (non-hydrogen) atoms. The van der Waals surface area contributed by atoms with Crippen molar-refractivity contribution in [1.29, 1.82) is 0 Å². The van der Waals surface area contributed by atoms with E-state index in [1.165, 1.54) is 29.2 Å². The molecule has 0 saturated heterocycles. The largest absolute Gasteiger partial charge is 0.347 e. The first kappa shape index (κ1) is 11.3. The number of rotatable bonds is 3. The van der Waals surface area contributed by atoms with Crippen LogP contribution in [0.2, 0.25) is 0 Å². The minimum absolute atomic E-state index is 0.165. The average Bonchev–Trinajstić information content (AvgIpc) is 2.82. The van der Waals surface area contributed by atoms with Gasteiger partial charge in [0.1, 0.15) is 11.6 Å². The van der Waals surface area contributed by atoms with Crippen LogP contribution in [0.3, 0.4) is 0 Å². The average molecular weight is 233 g/mol. The van der Waals surface area contributed by atoms with E-state index in [1.54, 1.807) is 19.4 Å². The Morgan fingerprint density at radius 1 is 1.41 bits per heavy atom. The number of nitrogens with zero attached hydrogens (tertiary/aromatic N) is 2. The Balaban J connectivity index is 2.07. The van der Waals surface area contributed by atoms with Gasteiger partial charge in [-0.3, -0.25) is 4.79 Å². The van der Waals surface area contributed by atoms with Crippen molar-refractivity contribution in [3.05, 3.63) is 53.9 Å². The normalized spacial score (nSPS) is 10.2. The standard InChI is InChI=1S/C12H12FN3O/c1-16(8-11-14-6-7-15-11)12(17)9-2-4-10(13)5-3-9/h2-7H,8H2,1H3,(H,14,15). The maximum Gasteiger partial charge on any atom is 0.254 e. The minimum atomic E-state index is -0.352. The molecule has 0 aliphatic rings. The molecule has 0 radical (unpaired) electrons. The van der Waals surface area contributed by atoms with Crippen molar-refractivity contribution in [3.63, 3.8) is 0 Å². The van der Waals surface area contributed by atoms with E-state index in [-0.39, 0.29) is 11.7 Å². The molecule has 2 rings (SSSR count). The van der Waals surface area contributed by atoms with Crippen LogP contribution < -0.4 is 0 Å². The van der Waals surface area contributed by atoms with Crippen LogP contribution in [0.1, 0.15) is 16.2 Å². The number of carbonyl (C=O) groups is 1. The number of hydrogen-bond acceptors (Lipinski definition) is 2. The third-order valence-electron chi connectivity index (χ3n) is 2.38. The molecule has 0 aliphatic carbocycles. The highest BCUT2D eigenvalue weighted by molar-refractivity contribution is 5.93. The summed E-state index contributed by atoms with van der Waals surface area (Å²) in [5, 5.41) is 0. The molecule has 0 aliphatic heterocycles. The van der Waals surface area contributed by atoms with Gasteiger partial charge in [-0.05, 0) is 24.3 Å². The molecule has 1 aromatic carbocycles. The van der Waals surface area contributed by atoms with E-state index >= 15 is 0 Å². The molecular weight excluding hydrogens is 221 g/mol. The molecule has 88 valence electrons. The Kier molecular flexibility index (Phi) is 3.18. The van der Waals surface area contributed by atoms with Crippen LogP contribution in [0.4, 0.5) is 4.39 Å². The zero-order chi connectivity index (χ0) is 12.3. The quantitative estimate of drug-likeness (QED) is 0.879. The summed E-state index contributed by atoms with van der Waals surface area (Å²) in [6, 6.07) is 5.48. The molecule has 0 atom stereocenters. The number of H-pyrrole nitrogens is 1. The first-order valence-corrected chi connectivity index (χ1v) is 5.16. The molecule has 0 spiro atoms. The Labute approximate surface area is 98.1 Å². The van der Waals surface area contributed by atoms with E-state index in [4.69, 9.17) is 0 Å². The predicted molar refractivity (Wildman–Crippen MR) is 60.8 cm³/mol. The van der Waals surface area contributed by atoms with Crippen LogP contribution in [0.15, 0.2) is 36.7 Å². The lowest BCUT2D eigenvalue weighted by molar-refractivity contribution is 0.0782. The van der Waals surface area contributed by atoms with Crippen LogP contribution in [0.5, 0.6) is 0 Å². The van der Waals surface area contributed by atoms with Crippen LogP contribution in [0.25, 0.3) is 0 Å². The first-order valence-electron chi connectivity index (χ1n) is 5.16. The number of aromatic amines is 1. The lowest BCUT2D eigenvalue weighted by Gasteiger charge is -2.15. The summed E-state index contributed by atoms with van der Waals surface area (Å²) in [4.78, 5) is 20.4. The maximum atomic E-state index is 12.7. The van der Waals surface area contributed by atoms with Gasteiger partial charge in [-0.1, -0.05) is 0 Å². The fourth-order valence-corrected chi connectivity index (χ4v) is 1.49. The third-order valence-corrected chi connectivity index (χ3v) is 2.38. The Bertz CT molecular complexity index is 493. The fourth-order valence-electron chi connectivity index (χ4n) is 1.49. The second kappa shape index (κ2) is 4.78. The van der Waals surface area contributed by atoms with E-state index in [9.17, 15) is 9.18 Å². The summed E-state index contributed by atoms with van der Waals surface area (Å²) in [6.07, 6.45) is 3.33. The molecule has 4 nitrogen and oxygen atoms in total. The SMILES string of the molecule is CN(Cc1ncc[nH]1)C(=O)c1ccc(F)cc1. The number of benzene rings is 1. The number of aromatic nitrogens is 2. The van der Waals surface area contributed by atoms with Crippen molar-refractivity contribution in [2.75, 3.05) is 7.05 Å². The number of imidazole rings is 1. The predicted octanol–water partition coefficient (Wildman–Crippen LogP) is 1.82. The van der Waals surface area contributed by atoms with Crippen molar-refractivity contribution < 1.29 is 9.18 Å². The van der Waals surface area contributed by atoms with Gasteiger partial charge in [0.05, 0.1) is 6.54 Å². The van der Waals surface area contributed by atoms with E-state index < -0.39 is 0 Å². The van der Waals surface area contributed by atoms with Gasteiger partial charge in [0.15, 0.2) is 0 Å². The number of halogens is 1. The molecule has 0 bridgehead atoms. The van der Waals surface area contributed by atoms with Gasteiger partial charge in [0, 0.05) is 25.0 Å². The lowest BCUT2D eigenvalue weighted by atomic mass is 10.2. The van der Waals surface area contributed by atoms with Crippen LogP contribution >= 0.6 is 0 Å². The molecule has 1 N–H and O–H groups in total. The van der Waals surface area contributed by atoms with Gasteiger partial charge >= 0.3 is 0 Å². The number of amides is 1. The Morgan fingerprint density at radius 3 is 2.71 bits per heavy atom. The van der Waals surface area contributed by atoms with Gasteiger partial charge in [0.2, 0.25) is 0 Å². The van der Waals surface area contributed by atoms with Crippen molar-refractivity contribution in [3.8, 4) is 0 Å². The van der Waals surface area contributed by atoms with Crippen molar-refractivity contribution in [1.82, 2.24) is 14.9 Å². The third kappa shape index (κ3) is 2.69. The maximum absolute atomic E-state index is 12.7. The van der Waals surface area contributed by atoms with E-state index in [0.29, 0.717) is 17.9 Å². The Morgan fingerprint density at radius 2 is 2.12 bits per heavy atom. The zero-order valence-corrected chi connectivity index (χ0v) is 9.35. The van der Waals surface area contributed by atoms with Crippen LogP contribution in [0, 0.1) is 5.82 Å². The molecule has 0 fully saturated rings. The fraction of sp³-hybridized carbons (Fsp3) is 0.167. The van der Waals surface area contributed by atoms with Gasteiger partial charge < -0.3 is 9.88 Å². The van der Waals surface area contributed by atoms with Crippen molar-refractivity contribution in [2.24, 2.45) is 0 Å². The van der Waals surface area contributed by atoms with E-state index in [2.05, 4.69) is 9.97 Å². The summed E-state index contributed by atoms with van der Waals surface area (Å²) in [5.74, 6) is 0.194. The van der Waals surface area contributed by atoms with E-state index in [1.807, 2.05) is 0 Å². The second-order valence-electron chi connectivity index (χ2n) is 3.70. The second-order valence-corrected chi connectivity index (χ2v) is 3.70. The smallest absolute Gasteiger partial charge is 0.254 e. The highest BCUT2D eigenvalue weighted by Crippen LogP contribution is 2.07. The number of nitrogens with one attached hydrogen (secondary N) is 1. The lowest BCUT2D eigenvalue weighted by Crippen LogP contribution is -2.26. The number of hydrogen-bond donors (Lipinski definition) is 1. The number of carbonyl (C=O) groups excluding carboxylic acids is 1. The van der Waals surface area contributed by atoms with Gasteiger partial charge in [-0.2, -0.15) is 0 Å². The molecule has 5 heteroatoms. The zero-order valence-electron chi connectivity index (χ0n) is 9.35. The van der Waals surface area contributed by atoms with Crippen LogP contribution in [-0.4, -0.2) is 27.8 Å². The molecule has 1 heterocycles. The highest BCUT2D eigenvalue weighted by Gasteiger charge is 2.12. The first-order chi connectivity index (χ1) is 8.16. The Hall–Kier alpha value is -2.17. The van der Waals surface area contributed by atoms with Gasteiger partial charge in [-0.15, -0.1) is 0 Å². The van der Waals surface area contributed by atoms with Gasteiger partial charge in [0.25, 0.3) is 5.91 Å². The molecule has 1 amide bonds. The molecule has 0 unspecified atom stereocenters. The summed E-state index contributed by atoms with van der Waals surface area (Å²) in [6.45, 7) is 0.392. The monoisotopic (exact) mass is 233 g/mol. The van der Waals surface area contributed by atoms with Crippen molar-refractivity contribution >= 4 is 5.91 Å². The van der Waals surface area contributed by atoms with Gasteiger partial charge in [-0.25, -0.2) is 9.37 Å².